The number of rotatable bonds is 1. The summed E-state index contributed by atoms with van der Waals surface area (Å²) in [5.74, 6) is 0. The highest BCUT2D eigenvalue weighted by Crippen LogP contribution is 1.66. The molecule has 0 fully saturated rings. The number of nitrogens with two attached hydrogens (primary N) is 1. The predicted molar refractivity (Wildman–Crippen MR) is 21.2 cm³/mol. The molecule has 0 saturated heterocycles. The van der Waals surface area contributed by atoms with Gasteiger partial charge in [0, 0.05) is 0 Å². The van der Waals surface area contributed by atoms with Crippen LogP contribution in [0.3, 0.4) is 0 Å². The molecule has 0 radical (unpaired) electrons. The van der Waals surface area contributed by atoms with Crippen LogP contribution >= 0.6 is 0 Å². The minimum absolute atomic E-state index is 0.356. The summed E-state index contributed by atoms with van der Waals surface area (Å²) >= 11 is 0. The largest absolute Gasteiger partial charge is 0.450 e. The lowest BCUT2D eigenvalue weighted by molar-refractivity contribution is 0.163. The molecule has 0 aliphatic heterocycles. The van der Waals surface area contributed by atoms with Gasteiger partial charge in [0.1, 0.15) is 0 Å². The molecule has 0 aromatic rings. The van der Waals surface area contributed by atoms with Crippen LogP contribution in [0.5, 0.6) is 0 Å². The van der Waals surface area contributed by atoms with E-state index in [2.05, 4.69) is 10.5 Å². The molecule has 2 N–H and O–H groups in total. The number of hydrogen-bond donors (Lipinski definition) is 1. The molecule has 0 aliphatic rings. The summed E-state index contributed by atoms with van der Waals surface area (Å²) in [7, 11) is 0. The van der Waals surface area contributed by atoms with E-state index < -0.39 is 6.09 Å². The van der Waals surface area contributed by atoms with Gasteiger partial charge in [0.25, 0.3) is 0 Å². The van der Waals surface area contributed by atoms with E-state index in [0.29, 0.717) is 6.61 Å². The summed E-state index contributed by atoms with van der Waals surface area (Å²) in [6, 6.07) is 0. The SMILES string of the molecule is CCO[13C]([15NH2])=O. The van der Waals surface area contributed by atoms with Crippen molar-refractivity contribution in [2.45, 2.75) is 6.92 Å². The second-order valence-electron chi connectivity index (χ2n) is 0.752. The van der Waals surface area contributed by atoms with E-state index in [9.17, 15) is 4.79 Å². The summed E-state index contributed by atoms with van der Waals surface area (Å²) in [6.45, 7) is 2.06. The molecule has 36 valence electrons. The van der Waals surface area contributed by atoms with Gasteiger partial charge >= 0.3 is 6.09 Å². The van der Waals surface area contributed by atoms with Crippen molar-refractivity contribution in [2.24, 2.45) is 5.73 Å². The summed E-state index contributed by atoms with van der Waals surface area (Å²) in [4.78, 5) is 9.60. The number of primary amides is 1. The van der Waals surface area contributed by atoms with Gasteiger partial charge in [0.15, 0.2) is 0 Å². The summed E-state index contributed by atoms with van der Waals surface area (Å²) in [5, 5.41) is 0. The highest BCUT2D eigenvalue weighted by Gasteiger charge is 1.82. The average Bonchev–Trinajstić information content (AvgIpc) is 1.35. The van der Waals surface area contributed by atoms with E-state index in [-0.39, 0.29) is 0 Å². The van der Waals surface area contributed by atoms with Crippen LogP contribution in [0.1, 0.15) is 6.92 Å². The number of carbonyl (C=O) groups excluding carboxylic acids is 1. The van der Waals surface area contributed by atoms with E-state index in [1.165, 1.54) is 0 Å². The second-order valence-corrected chi connectivity index (χ2v) is 0.752. The molecular weight excluding hydrogens is 84.0 g/mol. The first-order valence-electron chi connectivity index (χ1n) is 1.69. The zero-order valence-corrected chi connectivity index (χ0v) is 3.60. The van der Waals surface area contributed by atoms with Crippen LogP contribution in [0.4, 0.5) is 4.79 Å². The van der Waals surface area contributed by atoms with Crippen molar-refractivity contribution in [1.29, 1.82) is 0 Å². The Labute approximate surface area is 36.1 Å². The lowest BCUT2D eigenvalue weighted by Gasteiger charge is -1.89. The van der Waals surface area contributed by atoms with Crippen molar-refractivity contribution >= 4 is 6.09 Å². The lowest BCUT2D eigenvalue weighted by atomic mass is 10.9. The molecular formula is C3H7NO2. The van der Waals surface area contributed by atoms with Crippen molar-refractivity contribution in [1.82, 2.24) is 0 Å². The number of carbonyl (C=O) groups is 1. The van der Waals surface area contributed by atoms with Gasteiger partial charge in [-0.05, 0) is 6.92 Å². The first kappa shape index (κ1) is 5.27. The van der Waals surface area contributed by atoms with E-state index in [4.69, 9.17) is 0 Å². The van der Waals surface area contributed by atoms with Crippen LogP contribution < -0.4 is 5.73 Å². The molecule has 0 rings (SSSR count). The maximum atomic E-state index is 9.60. The maximum absolute atomic E-state index is 9.60. The van der Waals surface area contributed by atoms with Crippen molar-refractivity contribution in [3.8, 4) is 0 Å². The fourth-order valence-electron chi connectivity index (χ4n) is 0.142. The molecule has 3 nitrogen and oxygen atoms in total. The van der Waals surface area contributed by atoms with Crippen LogP contribution in [-0.2, 0) is 4.74 Å². The zero-order valence-electron chi connectivity index (χ0n) is 3.60. The van der Waals surface area contributed by atoms with Gasteiger partial charge in [-0.2, -0.15) is 0 Å². The Morgan fingerprint density at radius 2 is 2.50 bits per heavy atom. The first-order valence-corrected chi connectivity index (χ1v) is 1.69. The Balaban J connectivity index is 2.83. The first-order chi connectivity index (χ1) is 2.77. The Bertz CT molecular complexity index is 52.8. The van der Waals surface area contributed by atoms with Crippen molar-refractivity contribution in [3.05, 3.63) is 0 Å². The average molecular weight is 91.1 g/mol. The molecule has 0 aromatic heterocycles. The van der Waals surface area contributed by atoms with Crippen LogP contribution in [0.15, 0.2) is 0 Å². The van der Waals surface area contributed by atoms with E-state index >= 15 is 0 Å². The molecule has 3 heteroatoms. The van der Waals surface area contributed by atoms with Gasteiger partial charge in [-0.25, -0.2) is 4.79 Å². The Morgan fingerprint density at radius 3 is 2.50 bits per heavy atom. The van der Waals surface area contributed by atoms with Crippen LogP contribution in [0.2, 0.25) is 0 Å². The number of hydrogen-bond acceptors (Lipinski definition) is 2. The molecule has 0 spiro atoms. The monoisotopic (exact) mass is 91.0 g/mol. The molecule has 0 aromatic carbocycles. The minimum Gasteiger partial charge on any atom is -0.450 e. The summed E-state index contributed by atoms with van der Waals surface area (Å²) in [5.41, 5.74) is 4.54. The van der Waals surface area contributed by atoms with E-state index in [1.807, 2.05) is 0 Å². The molecule has 0 saturated carbocycles. The highest BCUT2D eigenvalue weighted by molar-refractivity contribution is 5.64. The van der Waals surface area contributed by atoms with Crippen molar-refractivity contribution in [2.75, 3.05) is 6.61 Å². The van der Waals surface area contributed by atoms with Gasteiger partial charge in [0.2, 0.25) is 0 Å². The number of amides is 1. The quantitative estimate of drug-likeness (QED) is 0.367. The lowest BCUT2D eigenvalue weighted by Crippen LogP contribution is -2.11. The topological polar surface area (TPSA) is 52.3 Å². The summed E-state index contributed by atoms with van der Waals surface area (Å²) < 4.78 is 4.18. The third kappa shape index (κ3) is 3.27. The molecule has 0 heterocycles. The molecule has 0 aliphatic carbocycles. The van der Waals surface area contributed by atoms with Crippen LogP contribution in [0.25, 0.3) is 0 Å². The Hall–Kier alpha value is -0.730. The second kappa shape index (κ2) is 2.50. The van der Waals surface area contributed by atoms with Gasteiger partial charge < -0.3 is 10.5 Å². The van der Waals surface area contributed by atoms with E-state index in [0.717, 1.165) is 0 Å². The van der Waals surface area contributed by atoms with Gasteiger partial charge in [-0.1, -0.05) is 0 Å². The molecule has 1 amide bonds. The number of ether oxygens (including phenoxy) is 1. The normalized spacial score (nSPS) is 7.50. The molecule has 0 unspecified atom stereocenters. The molecule has 0 bridgehead atoms. The Kier molecular flexibility index (Phi) is 2.20. The zero-order chi connectivity index (χ0) is 4.99. The predicted octanol–water partition coefficient (Wildman–Crippen LogP) is 0.102. The standard InChI is InChI=1S/C3H7NO2/c1-2-6-3(4)5/h2H2,1H3,(H2,4,5)/i3+1,4+1. The highest BCUT2D eigenvalue weighted by atomic mass is 16.7. The third-order valence-corrected chi connectivity index (χ3v) is 0.287. The fourth-order valence-corrected chi connectivity index (χ4v) is 0.142. The minimum atomic E-state index is -0.711. The van der Waals surface area contributed by atoms with Crippen molar-refractivity contribution in [3.63, 3.8) is 0 Å². The van der Waals surface area contributed by atoms with Crippen LogP contribution in [-0.4, -0.2) is 12.7 Å². The maximum Gasteiger partial charge on any atom is 0.404 e. The van der Waals surface area contributed by atoms with Gasteiger partial charge in [-0.3, -0.25) is 0 Å². The van der Waals surface area contributed by atoms with Crippen LogP contribution in [0, 0.1) is 0 Å². The molecule has 6 heavy (non-hydrogen) atoms. The molecule has 0 atom stereocenters. The summed E-state index contributed by atoms with van der Waals surface area (Å²) in [6.07, 6.45) is -0.711. The van der Waals surface area contributed by atoms with Crippen molar-refractivity contribution < 1.29 is 9.53 Å². The smallest absolute Gasteiger partial charge is 0.404 e. The van der Waals surface area contributed by atoms with Gasteiger partial charge in [-0.15, -0.1) is 0 Å². The Morgan fingerprint density at radius 1 is 2.00 bits per heavy atom. The van der Waals surface area contributed by atoms with Gasteiger partial charge in [0.05, 0.1) is 6.61 Å². The fraction of sp³-hybridized carbons (Fsp3) is 0.667. The van der Waals surface area contributed by atoms with E-state index in [1.54, 1.807) is 6.92 Å². The third-order valence-electron chi connectivity index (χ3n) is 0.287.